The lowest BCUT2D eigenvalue weighted by Gasteiger charge is -2.26. The van der Waals surface area contributed by atoms with Gasteiger partial charge in [-0.15, -0.1) is 0 Å². The number of aliphatic carboxylic acids is 1. The van der Waals surface area contributed by atoms with Crippen molar-refractivity contribution in [1.29, 1.82) is 0 Å². The first-order valence-corrected chi connectivity index (χ1v) is 9.42. The highest BCUT2D eigenvalue weighted by molar-refractivity contribution is 5.89. The highest BCUT2D eigenvalue weighted by Crippen LogP contribution is 2.28. The number of anilines is 1. The number of ether oxygens (including phenoxy) is 1. The Labute approximate surface area is 164 Å². The molecule has 0 radical (unpaired) electrons. The molecule has 0 spiro atoms. The summed E-state index contributed by atoms with van der Waals surface area (Å²) >= 11 is 0. The number of carboxylic acids is 1. The second-order valence-electron chi connectivity index (χ2n) is 7.24. The number of hydrogen-bond acceptors (Lipinski definition) is 4. The predicted molar refractivity (Wildman–Crippen MR) is 106 cm³/mol. The summed E-state index contributed by atoms with van der Waals surface area (Å²) in [5, 5.41) is 14.8. The third kappa shape index (κ3) is 5.22. The van der Waals surface area contributed by atoms with E-state index in [0.29, 0.717) is 43.0 Å². The monoisotopic (exact) mass is 383 g/mol. The van der Waals surface area contributed by atoms with Crippen molar-refractivity contribution in [2.75, 3.05) is 5.32 Å². The zero-order valence-electron chi connectivity index (χ0n) is 16.1. The van der Waals surface area contributed by atoms with Crippen LogP contribution in [0.25, 0.3) is 0 Å². The number of carbonyl (C=O) groups is 2. The number of benzene rings is 1. The summed E-state index contributed by atoms with van der Waals surface area (Å²) < 4.78 is 5.86. The van der Waals surface area contributed by atoms with E-state index in [-0.39, 0.29) is 18.0 Å². The number of aromatic nitrogens is 1. The lowest BCUT2D eigenvalue weighted by Crippen LogP contribution is -2.40. The number of carboxylic acid groups (broad SMARTS) is 1. The van der Waals surface area contributed by atoms with E-state index in [2.05, 4.69) is 15.6 Å². The maximum absolute atomic E-state index is 12.3. The predicted octanol–water partition coefficient (Wildman–Crippen LogP) is 4.26. The smallest absolute Gasteiger partial charge is 0.319 e. The number of urea groups is 1. The first-order chi connectivity index (χ1) is 13.4. The summed E-state index contributed by atoms with van der Waals surface area (Å²) in [7, 11) is 0. The van der Waals surface area contributed by atoms with Crippen molar-refractivity contribution in [3.63, 3.8) is 0 Å². The summed E-state index contributed by atoms with van der Waals surface area (Å²) in [5.74, 6) is 0.0732. The van der Waals surface area contributed by atoms with Crippen LogP contribution in [0.1, 0.15) is 36.8 Å². The van der Waals surface area contributed by atoms with E-state index in [1.54, 1.807) is 12.3 Å². The quantitative estimate of drug-likeness (QED) is 0.716. The van der Waals surface area contributed by atoms with E-state index in [1.807, 2.05) is 38.1 Å². The molecular formula is C21H25N3O4. The van der Waals surface area contributed by atoms with Crippen LogP contribution in [0.5, 0.6) is 11.6 Å². The zero-order chi connectivity index (χ0) is 20.1. The average molecular weight is 383 g/mol. The van der Waals surface area contributed by atoms with Crippen LogP contribution in [0.2, 0.25) is 0 Å². The zero-order valence-corrected chi connectivity index (χ0v) is 16.1. The molecule has 0 bridgehead atoms. The van der Waals surface area contributed by atoms with E-state index < -0.39 is 5.97 Å². The van der Waals surface area contributed by atoms with Gasteiger partial charge in [-0.05, 0) is 62.8 Å². The molecule has 7 nitrogen and oxygen atoms in total. The van der Waals surface area contributed by atoms with Gasteiger partial charge in [-0.1, -0.05) is 6.07 Å². The summed E-state index contributed by atoms with van der Waals surface area (Å²) in [6.07, 6.45) is 4.21. The molecule has 0 aliphatic heterocycles. The summed E-state index contributed by atoms with van der Waals surface area (Å²) in [6, 6.07) is 8.88. The molecule has 0 atom stereocenters. The fourth-order valence-corrected chi connectivity index (χ4v) is 3.30. The first-order valence-electron chi connectivity index (χ1n) is 9.42. The van der Waals surface area contributed by atoms with E-state index in [1.165, 1.54) is 0 Å². The molecule has 3 N–H and O–H groups in total. The van der Waals surface area contributed by atoms with Crippen molar-refractivity contribution < 1.29 is 19.4 Å². The minimum absolute atomic E-state index is 0.00624. The van der Waals surface area contributed by atoms with Gasteiger partial charge in [-0.25, -0.2) is 9.78 Å². The molecule has 3 rings (SSSR count). The van der Waals surface area contributed by atoms with Crippen molar-refractivity contribution >= 4 is 17.7 Å². The van der Waals surface area contributed by atoms with Crippen LogP contribution in [0.15, 0.2) is 36.5 Å². The van der Waals surface area contributed by atoms with Gasteiger partial charge in [0, 0.05) is 30.1 Å². The molecule has 0 saturated heterocycles. The standard InChI is InChI=1S/C21H25N3O4/c1-13-9-10-22-19(11-13)28-18-12-17(6-3-14(18)2)24-21(27)23-16-7-4-15(5-8-16)20(25)26/h3,6,9-12,15-16H,4-5,7-8H2,1-2H3,(H,25,26)(H2,23,24,27). The third-order valence-corrected chi connectivity index (χ3v) is 4.96. The SMILES string of the molecule is Cc1ccnc(Oc2cc(NC(=O)NC3CCC(C(=O)O)CC3)ccc2C)c1. The summed E-state index contributed by atoms with van der Waals surface area (Å²) in [6.45, 7) is 3.89. The van der Waals surface area contributed by atoms with E-state index >= 15 is 0 Å². The highest BCUT2D eigenvalue weighted by atomic mass is 16.5. The molecule has 1 aromatic carbocycles. The largest absolute Gasteiger partial charge is 0.481 e. The molecule has 1 heterocycles. The van der Waals surface area contributed by atoms with Gasteiger partial charge in [-0.3, -0.25) is 4.79 Å². The summed E-state index contributed by atoms with van der Waals surface area (Å²) in [5.41, 5.74) is 2.60. The Balaban J connectivity index is 1.58. The minimum atomic E-state index is -0.752. The number of nitrogens with zero attached hydrogens (tertiary/aromatic N) is 1. The van der Waals surface area contributed by atoms with Gasteiger partial charge < -0.3 is 20.5 Å². The van der Waals surface area contributed by atoms with Crippen LogP contribution >= 0.6 is 0 Å². The van der Waals surface area contributed by atoms with Gasteiger partial charge in [0.05, 0.1) is 5.92 Å². The van der Waals surface area contributed by atoms with Crippen molar-refractivity contribution in [1.82, 2.24) is 10.3 Å². The Bertz CT molecular complexity index is 860. The Morgan fingerprint density at radius 2 is 1.86 bits per heavy atom. The molecule has 1 fully saturated rings. The Morgan fingerprint density at radius 1 is 1.11 bits per heavy atom. The molecular weight excluding hydrogens is 358 g/mol. The van der Waals surface area contributed by atoms with Gasteiger partial charge in [0.2, 0.25) is 5.88 Å². The second kappa shape index (κ2) is 8.73. The van der Waals surface area contributed by atoms with Crippen molar-refractivity contribution in [3.8, 4) is 11.6 Å². The normalized spacial score (nSPS) is 18.9. The highest BCUT2D eigenvalue weighted by Gasteiger charge is 2.26. The number of rotatable bonds is 5. The molecule has 1 saturated carbocycles. The fourth-order valence-electron chi connectivity index (χ4n) is 3.30. The molecule has 1 aromatic heterocycles. The van der Waals surface area contributed by atoms with Gasteiger partial charge in [0.25, 0.3) is 0 Å². The van der Waals surface area contributed by atoms with Crippen LogP contribution in [-0.2, 0) is 4.79 Å². The van der Waals surface area contributed by atoms with Crippen molar-refractivity contribution in [2.45, 2.75) is 45.6 Å². The van der Waals surface area contributed by atoms with Crippen LogP contribution in [0.3, 0.4) is 0 Å². The van der Waals surface area contributed by atoms with Crippen LogP contribution in [-0.4, -0.2) is 28.1 Å². The van der Waals surface area contributed by atoms with Crippen LogP contribution < -0.4 is 15.4 Å². The summed E-state index contributed by atoms with van der Waals surface area (Å²) in [4.78, 5) is 27.5. The lowest BCUT2D eigenvalue weighted by molar-refractivity contribution is -0.142. The number of nitrogens with one attached hydrogen (secondary N) is 2. The number of hydrogen-bond donors (Lipinski definition) is 3. The van der Waals surface area contributed by atoms with Crippen LogP contribution in [0, 0.1) is 19.8 Å². The molecule has 2 aromatic rings. The number of carbonyl (C=O) groups excluding carboxylic acids is 1. The maximum Gasteiger partial charge on any atom is 0.319 e. The molecule has 2 amide bonds. The molecule has 28 heavy (non-hydrogen) atoms. The van der Waals surface area contributed by atoms with E-state index in [0.717, 1.165) is 11.1 Å². The molecule has 7 heteroatoms. The molecule has 0 unspecified atom stereocenters. The van der Waals surface area contributed by atoms with Gasteiger partial charge in [-0.2, -0.15) is 0 Å². The number of aryl methyl sites for hydroxylation is 2. The Kier molecular flexibility index (Phi) is 6.13. The van der Waals surface area contributed by atoms with Crippen molar-refractivity contribution in [3.05, 3.63) is 47.7 Å². The van der Waals surface area contributed by atoms with Crippen molar-refractivity contribution in [2.24, 2.45) is 5.92 Å². The van der Waals surface area contributed by atoms with Gasteiger partial charge in [0.15, 0.2) is 0 Å². The van der Waals surface area contributed by atoms with Gasteiger partial charge >= 0.3 is 12.0 Å². The van der Waals surface area contributed by atoms with E-state index in [4.69, 9.17) is 9.84 Å². The maximum atomic E-state index is 12.3. The Morgan fingerprint density at radius 3 is 2.54 bits per heavy atom. The lowest BCUT2D eigenvalue weighted by atomic mass is 9.86. The molecule has 148 valence electrons. The fraction of sp³-hybridized carbons (Fsp3) is 0.381. The number of pyridine rings is 1. The van der Waals surface area contributed by atoms with E-state index in [9.17, 15) is 9.59 Å². The molecule has 1 aliphatic carbocycles. The molecule has 1 aliphatic rings. The van der Waals surface area contributed by atoms with Gasteiger partial charge in [0.1, 0.15) is 5.75 Å². The van der Waals surface area contributed by atoms with Crippen LogP contribution in [0.4, 0.5) is 10.5 Å². The number of amides is 2. The second-order valence-corrected chi connectivity index (χ2v) is 7.24. The average Bonchev–Trinajstić information content (AvgIpc) is 2.65. The third-order valence-electron chi connectivity index (χ3n) is 4.96. The minimum Gasteiger partial charge on any atom is -0.481 e. The first kappa shape index (κ1) is 19.7. The topological polar surface area (TPSA) is 101 Å². The Hall–Kier alpha value is -3.09.